The molecule has 0 bridgehead atoms. The molecule has 0 amide bonds. The van der Waals surface area contributed by atoms with Gasteiger partial charge in [-0.05, 0) is 82.7 Å². The fraction of sp³-hybridized carbons (Fsp3) is 0.595. The molecular formula is C37H56N2O7S. The minimum atomic E-state index is -3.82. The number of hydrogen-bond donors (Lipinski definition) is 1. The van der Waals surface area contributed by atoms with Crippen molar-refractivity contribution in [1.29, 1.82) is 0 Å². The van der Waals surface area contributed by atoms with Crippen LogP contribution in [0.3, 0.4) is 0 Å². The van der Waals surface area contributed by atoms with Gasteiger partial charge in [-0.15, -0.1) is 0 Å². The first-order valence-electron chi connectivity index (χ1n) is 17.1. The lowest BCUT2D eigenvalue weighted by atomic mass is 10.1. The van der Waals surface area contributed by atoms with E-state index >= 15 is 0 Å². The summed E-state index contributed by atoms with van der Waals surface area (Å²) < 4.78 is 40.8. The van der Waals surface area contributed by atoms with Crippen LogP contribution in [0.2, 0.25) is 0 Å². The molecule has 10 heteroatoms. The molecule has 2 rings (SSSR count). The minimum Gasteiger partial charge on any atom is -0.423 e. The van der Waals surface area contributed by atoms with Gasteiger partial charge in [0.2, 0.25) is 0 Å². The number of rotatable bonds is 23. The van der Waals surface area contributed by atoms with E-state index in [1.165, 1.54) is 63.3 Å². The highest BCUT2D eigenvalue weighted by Crippen LogP contribution is 2.33. The Morgan fingerprint density at radius 2 is 1.51 bits per heavy atom. The third kappa shape index (κ3) is 18.7. The third-order valence-corrected chi connectivity index (χ3v) is 8.00. The number of hydrogen-bond acceptors (Lipinski definition) is 9. The number of ether oxygens (including phenoxy) is 2. The summed E-state index contributed by atoms with van der Waals surface area (Å²) >= 11 is 0. The molecule has 9 nitrogen and oxygen atoms in total. The Hall–Kier alpha value is -3.08. The molecule has 0 aliphatic heterocycles. The third-order valence-electron chi connectivity index (χ3n) is 7.41. The first-order valence-corrected chi connectivity index (χ1v) is 18.9. The maximum Gasteiger partial charge on any atom is 0.345 e. The van der Waals surface area contributed by atoms with E-state index in [0.717, 1.165) is 38.4 Å². The van der Waals surface area contributed by atoms with Crippen molar-refractivity contribution in [3.05, 3.63) is 66.0 Å². The number of nitrogens with one attached hydrogen (secondary N) is 1. The van der Waals surface area contributed by atoms with E-state index in [9.17, 15) is 18.0 Å². The molecule has 0 aliphatic carbocycles. The fourth-order valence-corrected chi connectivity index (χ4v) is 5.46. The van der Waals surface area contributed by atoms with E-state index in [2.05, 4.69) is 29.4 Å². The molecule has 262 valence electrons. The molecule has 0 fully saturated rings. The molecule has 0 aliphatic rings. The number of carbonyl (C=O) groups is 2. The molecule has 1 atom stereocenters. The van der Waals surface area contributed by atoms with Crippen LogP contribution in [-0.4, -0.2) is 43.7 Å². The number of aromatic nitrogens is 1. The second-order valence-corrected chi connectivity index (χ2v) is 14.7. The summed E-state index contributed by atoms with van der Waals surface area (Å²) in [6.45, 7) is 8.27. The zero-order chi connectivity index (χ0) is 34.5. The van der Waals surface area contributed by atoms with Crippen LogP contribution >= 0.6 is 0 Å². The topological polar surface area (TPSA) is 121 Å². The van der Waals surface area contributed by atoms with E-state index in [1.807, 2.05) is 20.8 Å². The smallest absolute Gasteiger partial charge is 0.345 e. The number of esters is 2. The van der Waals surface area contributed by atoms with E-state index in [4.69, 9.17) is 13.7 Å². The predicted octanol–water partition coefficient (Wildman–Crippen LogP) is 8.65. The Morgan fingerprint density at radius 3 is 2.11 bits per heavy atom. The molecule has 1 aromatic heterocycles. The molecule has 2 aromatic rings. The second-order valence-electron chi connectivity index (χ2n) is 13.1. The van der Waals surface area contributed by atoms with Crippen molar-refractivity contribution in [2.75, 3.05) is 12.8 Å². The van der Waals surface area contributed by atoms with Gasteiger partial charge in [-0.25, -0.2) is 4.79 Å². The van der Waals surface area contributed by atoms with Crippen molar-refractivity contribution in [2.45, 2.75) is 129 Å². The Morgan fingerprint density at radius 1 is 0.872 bits per heavy atom. The van der Waals surface area contributed by atoms with Crippen molar-refractivity contribution in [1.82, 2.24) is 10.3 Å². The molecule has 0 saturated heterocycles. The first kappa shape index (κ1) is 40.1. The van der Waals surface area contributed by atoms with Crippen LogP contribution in [0.1, 0.15) is 140 Å². The van der Waals surface area contributed by atoms with Crippen LogP contribution in [0.25, 0.3) is 0 Å². The molecule has 0 radical (unpaired) electrons. The van der Waals surface area contributed by atoms with Gasteiger partial charge in [0.25, 0.3) is 10.1 Å². The van der Waals surface area contributed by atoms with Crippen molar-refractivity contribution in [2.24, 2.45) is 0 Å². The van der Waals surface area contributed by atoms with Gasteiger partial charge in [0.15, 0.2) is 11.5 Å². The van der Waals surface area contributed by atoms with Crippen LogP contribution in [0.4, 0.5) is 0 Å². The summed E-state index contributed by atoms with van der Waals surface area (Å²) in [5, 5.41) is 3.25. The molecule has 0 saturated carbocycles. The standard InChI is InChI=1S/C37H56N2O7S/c1-6-7-8-9-10-11-12-13-14-15-16-17-18-19-20-23-35(40)44-33-27-30(34(46-47(5,42)43)29-39-37(2,3)4)24-25-32(33)45-36(41)31-22-21-26-38-28-31/h13-14,21-22,24-28,34,39H,6-12,15-20,23,29H2,1-5H3. The number of carbonyl (C=O) groups excluding carboxylic acids is 2. The number of unbranched alkanes of at least 4 members (excludes halogenated alkanes) is 11. The lowest BCUT2D eigenvalue weighted by molar-refractivity contribution is -0.134. The van der Waals surface area contributed by atoms with Gasteiger partial charge in [-0.1, -0.05) is 76.5 Å². The number of pyridine rings is 1. The van der Waals surface area contributed by atoms with E-state index < -0.39 is 28.2 Å². The van der Waals surface area contributed by atoms with Crippen LogP contribution in [-0.2, 0) is 19.1 Å². The van der Waals surface area contributed by atoms with Gasteiger partial charge in [-0.2, -0.15) is 8.42 Å². The predicted molar refractivity (Wildman–Crippen MR) is 187 cm³/mol. The van der Waals surface area contributed by atoms with Crippen LogP contribution in [0.5, 0.6) is 11.5 Å². The second kappa shape index (κ2) is 21.7. The van der Waals surface area contributed by atoms with Gasteiger partial charge in [0.05, 0.1) is 11.8 Å². The first-order chi connectivity index (χ1) is 22.4. The number of benzene rings is 1. The quantitative estimate of drug-likeness (QED) is 0.0406. The minimum absolute atomic E-state index is 0.00958. The Balaban J connectivity index is 1.95. The average molecular weight is 673 g/mol. The van der Waals surface area contributed by atoms with Gasteiger partial charge < -0.3 is 14.8 Å². The summed E-state index contributed by atoms with van der Waals surface area (Å²) in [5.41, 5.74) is 0.365. The monoisotopic (exact) mass is 672 g/mol. The van der Waals surface area contributed by atoms with Crippen molar-refractivity contribution < 1.29 is 31.7 Å². The van der Waals surface area contributed by atoms with Crippen LogP contribution in [0.15, 0.2) is 54.9 Å². The van der Waals surface area contributed by atoms with E-state index in [0.29, 0.717) is 12.0 Å². The molecule has 1 unspecified atom stereocenters. The lowest BCUT2D eigenvalue weighted by Crippen LogP contribution is -2.39. The molecule has 0 spiro atoms. The Kier molecular flexibility index (Phi) is 18.5. The van der Waals surface area contributed by atoms with Crippen molar-refractivity contribution in [3.8, 4) is 11.5 Å². The summed E-state index contributed by atoms with van der Waals surface area (Å²) in [5.74, 6) is -1.09. The van der Waals surface area contributed by atoms with Gasteiger partial charge in [0.1, 0.15) is 6.10 Å². The van der Waals surface area contributed by atoms with Gasteiger partial charge in [-0.3, -0.25) is 14.0 Å². The zero-order valence-electron chi connectivity index (χ0n) is 29.1. The van der Waals surface area contributed by atoms with Crippen LogP contribution < -0.4 is 14.8 Å². The summed E-state index contributed by atoms with van der Waals surface area (Å²) in [4.78, 5) is 29.6. The molecule has 1 heterocycles. The average Bonchev–Trinajstić information content (AvgIpc) is 3.01. The van der Waals surface area contributed by atoms with Crippen molar-refractivity contribution in [3.63, 3.8) is 0 Å². The molecular weight excluding hydrogens is 616 g/mol. The summed E-state index contributed by atoms with van der Waals surface area (Å²) in [6, 6.07) is 7.74. The largest absolute Gasteiger partial charge is 0.423 e. The number of nitrogens with zero attached hydrogens (tertiary/aromatic N) is 1. The normalized spacial score (nSPS) is 12.7. The summed E-state index contributed by atoms with van der Waals surface area (Å²) in [7, 11) is -3.82. The van der Waals surface area contributed by atoms with Gasteiger partial charge in [0, 0.05) is 30.9 Å². The van der Waals surface area contributed by atoms with Crippen molar-refractivity contribution >= 4 is 22.1 Å². The SMILES string of the molecule is CCCCCCCCC=CCCCCCCCC(=O)Oc1cc(C(CNC(C)(C)C)OS(C)(=O)=O)ccc1OC(=O)c1cccnc1. The van der Waals surface area contributed by atoms with Crippen LogP contribution in [0, 0.1) is 0 Å². The lowest BCUT2D eigenvalue weighted by Gasteiger charge is -2.25. The highest BCUT2D eigenvalue weighted by atomic mass is 32.2. The van der Waals surface area contributed by atoms with E-state index in [-0.39, 0.29) is 35.6 Å². The fourth-order valence-electron chi connectivity index (χ4n) is 4.86. The maximum absolute atomic E-state index is 12.9. The Bertz CT molecular complexity index is 1340. The molecule has 1 aromatic carbocycles. The highest BCUT2D eigenvalue weighted by molar-refractivity contribution is 7.86. The van der Waals surface area contributed by atoms with E-state index in [1.54, 1.807) is 24.4 Å². The zero-order valence-corrected chi connectivity index (χ0v) is 29.9. The molecule has 1 N–H and O–H groups in total. The number of allylic oxidation sites excluding steroid dienone is 2. The Labute approximate surface area is 283 Å². The summed E-state index contributed by atoms with van der Waals surface area (Å²) in [6.07, 6.45) is 22.8. The van der Waals surface area contributed by atoms with Gasteiger partial charge >= 0.3 is 11.9 Å². The molecule has 47 heavy (non-hydrogen) atoms. The maximum atomic E-state index is 12.9. The highest BCUT2D eigenvalue weighted by Gasteiger charge is 2.24.